The molecule has 0 fully saturated rings. The Labute approximate surface area is 98.8 Å². The van der Waals surface area contributed by atoms with Gasteiger partial charge in [-0.15, -0.1) is 21.5 Å². The van der Waals surface area contributed by atoms with Crippen molar-refractivity contribution in [1.29, 1.82) is 0 Å². The maximum absolute atomic E-state index is 5.99. The summed E-state index contributed by atoms with van der Waals surface area (Å²) in [5.41, 5.74) is 0.742. The molecule has 8 heteroatoms. The molecule has 0 N–H and O–H groups in total. The number of thiazole rings is 1. The molecule has 3 rings (SSSR count). The van der Waals surface area contributed by atoms with Crippen molar-refractivity contribution in [1.82, 2.24) is 24.3 Å². The van der Waals surface area contributed by atoms with Crippen LogP contribution < -0.4 is 0 Å². The first-order valence-electron chi connectivity index (χ1n) is 4.34. The van der Waals surface area contributed by atoms with Crippen LogP contribution in [0.5, 0.6) is 0 Å². The van der Waals surface area contributed by atoms with Crippen LogP contribution in [0.1, 0.15) is 5.69 Å². The van der Waals surface area contributed by atoms with Gasteiger partial charge in [0, 0.05) is 11.6 Å². The van der Waals surface area contributed by atoms with Gasteiger partial charge in [-0.05, 0) is 0 Å². The van der Waals surface area contributed by atoms with Crippen molar-refractivity contribution in [2.75, 3.05) is 0 Å². The van der Waals surface area contributed by atoms with Crippen molar-refractivity contribution in [2.24, 2.45) is 5.10 Å². The van der Waals surface area contributed by atoms with Crippen LogP contribution in [0.4, 0.5) is 0 Å². The molecule has 16 heavy (non-hydrogen) atoms. The minimum atomic E-state index is 0.434. The summed E-state index contributed by atoms with van der Waals surface area (Å²) in [6.45, 7) is 0. The molecule has 3 aromatic heterocycles. The van der Waals surface area contributed by atoms with Gasteiger partial charge in [0.25, 0.3) is 0 Å². The van der Waals surface area contributed by atoms with E-state index in [1.54, 1.807) is 6.21 Å². The maximum atomic E-state index is 5.99. The van der Waals surface area contributed by atoms with Crippen LogP contribution in [0.2, 0.25) is 5.15 Å². The molecule has 3 heterocycles. The van der Waals surface area contributed by atoms with Crippen LogP contribution in [-0.4, -0.2) is 30.5 Å². The van der Waals surface area contributed by atoms with Gasteiger partial charge in [-0.3, -0.25) is 4.40 Å². The molecule has 0 bridgehead atoms. The summed E-state index contributed by atoms with van der Waals surface area (Å²) in [5.74, 6) is 0. The highest BCUT2D eigenvalue weighted by molar-refractivity contribution is 7.15. The van der Waals surface area contributed by atoms with E-state index in [-0.39, 0.29) is 0 Å². The molecule has 0 saturated heterocycles. The Hall–Kier alpha value is -1.73. The van der Waals surface area contributed by atoms with E-state index in [0.717, 1.165) is 10.7 Å². The summed E-state index contributed by atoms with van der Waals surface area (Å²) in [4.78, 5) is 5.03. The molecule has 0 atom stereocenters. The van der Waals surface area contributed by atoms with Gasteiger partial charge < -0.3 is 0 Å². The van der Waals surface area contributed by atoms with Gasteiger partial charge in [-0.25, -0.2) is 9.66 Å². The van der Waals surface area contributed by atoms with E-state index in [1.165, 1.54) is 28.7 Å². The van der Waals surface area contributed by atoms with Crippen molar-refractivity contribution in [3.05, 3.63) is 35.1 Å². The zero-order valence-corrected chi connectivity index (χ0v) is 9.43. The number of imidazole rings is 1. The lowest BCUT2D eigenvalue weighted by molar-refractivity contribution is 0.877. The summed E-state index contributed by atoms with van der Waals surface area (Å²) in [5, 5.41) is 13.8. The van der Waals surface area contributed by atoms with E-state index in [4.69, 9.17) is 11.6 Å². The Morgan fingerprint density at radius 2 is 2.19 bits per heavy atom. The Morgan fingerprint density at radius 3 is 3.00 bits per heavy atom. The molecule has 0 spiro atoms. The molecule has 0 aliphatic heterocycles. The van der Waals surface area contributed by atoms with Gasteiger partial charge in [-0.1, -0.05) is 11.6 Å². The fourth-order valence-electron chi connectivity index (χ4n) is 1.27. The average Bonchev–Trinajstić information content (AvgIpc) is 2.92. The van der Waals surface area contributed by atoms with Crippen LogP contribution in [0.3, 0.4) is 0 Å². The zero-order chi connectivity index (χ0) is 11.0. The first kappa shape index (κ1) is 9.49. The summed E-state index contributed by atoms with van der Waals surface area (Å²) in [7, 11) is 0. The van der Waals surface area contributed by atoms with Crippen molar-refractivity contribution in [3.8, 4) is 0 Å². The molecule has 0 saturated carbocycles. The SMILES string of the molecule is Clc1nc2sccn2c1/C=N/n1cnnc1. The normalized spacial score (nSPS) is 11.8. The molecule has 0 aliphatic carbocycles. The third kappa shape index (κ3) is 1.50. The second-order valence-electron chi connectivity index (χ2n) is 2.93. The number of halogens is 1. The molecule has 0 radical (unpaired) electrons. The Bertz CT molecular complexity index is 637. The highest BCUT2D eigenvalue weighted by Gasteiger charge is 2.08. The summed E-state index contributed by atoms with van der Waals surface area (Å²) >= 11 is 7.51. The molecule has 0 aromatic carbocycles. The van der Waals surface area contributed by atoms with Crippen LogP contribution in [-0.2, 0) is 0 Å². The molecular weight excluding hydrogens is 248 g/mol. The standard InChI is InChI=1S/C8H5ClN6S/c9-7-6(3-12-14-4-10-11-5-14)15-1-2-16-8(15)13-7/h1-5H/b12-3+. The van der Waals surface area contributed by atoms with E-state index in [2.05, 4.69) is 20.3 Å². The third-order valence-electron chi connectivity index (χ3n) is 1.97. The van der Waals surface area contributed by atoms with Crippen molar-refractivity contribution in [3.63, 3.8) is 0 Å². The first-order valence-corrected chi connectivity index (χ1v) is 5.60. The predicted molar refractivity (Wildman–Crippen MR) is 61.1 cm³/mol. The zero-order valence-electron chi connectivity index (χ0n) is 7.86. The van der Waals surface area contributed by atoms with Crippen LogP contribution >= 0.6 is 22.9 Å². The lowest BCUT2D eigenvalue weighted by atomic mass is 10.5. The lowest BCUT2D eigenvalue weighted by Gasteiger charge is -1.91. The van der Waals surface area contributed by atoms with Crippen molar-refractivity contribution < 1.29 is 0 Å². The average molecular weight is 253 g/mol. The molecular formula is C8H5ClN6S. The van der Waals surface area contributed by atoms with Gasteiger partial charge in [0.1, 0.15) is 18.3 Å². The first-order chi connectivity index (χ1) is 7.84. The van der Waals surface area contributed by atoms with E-state index < -0.39 is 0 Å². The number of rotatable bonds is 2. The van der Waals surface area contributed by atoms with Crippen LogP contribution in [0, 0.1) is 0 Å². The molecule has 80 valence electrons. The number of hydrogen-bond donors (Lipinski definition) is 0. The summed E-state index contributed by atoms with van der Waals surface area (Å²) < 4.78 is 3.36. The second kappa shape index (κ2) is 3.69. The smallest absolute Gasteiger partial charge is 0.195 e. The minimum absolute atomic E-state index is 0.434. The topological polar surface area (TPSA) is 60.4 Å². The number of fused-ring (bicyclic) bond motifs is 1. The van der Waals surface area contributed by atoms with E-state index in [9.17, 15) is 0 Å². The largest absolute Gasteiger partial charge is 0.288 e. The predicted octanol–water partition coefficient (Wildman–Crippen LogP) is 1.52. The number of hydrogen-bond acceptors (Lipinski definition) is 5. The summed E-state index contributed by atoms with van der Waals surface area (Å²) in [6, 6.07) is 0. The molecule has 3 aromatic rings. The summed E-state index contributed by atoms with van der Waals surface area (Å²) in [6.07, 6.45) is 6.51. The third-order valence-corrected chi connectivity index (χ3v) is 3.01. The van der Waals surface area contributed by atoms with Crippen molar-refractivity contribution in [2.45, 2.75) is 0 Å². The Balaban J connectivity index is 2.05. The fourth-order valence-corrected chi connectivity index (χ4v) is 2.26. The molecule has 0 amide bonds. The fraction of sp³-hybridized carbons (Fsp3) is 0. The van der Waals surface area contributed by atoms with Crippen LogP contribution in [0.15, 0.2) is 29.3 Å². The Morgan fingerprint density at radius 1 is 1.38 bits per heavy atom. The van der Waals surface area contributed by atoms with Crippen molar-refractivity contribution >= 4 is 34.1 Å². The van der Waals surface area contributed by atoms with Gasteiger partial charge in [0.15, 0.2) is 10.1 Å². The number of aromatic nitrogens is 5. The van der Waals surface area contributed by atoms with Crippen LogP contribution in [0.25, 0.3) is 4.96 Å². The van der Waals surface area contributed by atoms with E-state index in [0.29, 0.717) is 5.15 Å². The monoisotopic (exact) mass is 252 g/mol. The highest BCUT2D eigenvalue weighted by atomic mass is 35.5. The van der Waals surface area contributed by atoms with E-state index in [1.807, 2.05) is 16.0 Å². The minimum Gasteiger partial charge on any atom is -0.288 e. The molecule has 6 nitrogen and oxygen atoms in total. The molecule has 0 unspecified atom stereocenters. The number of nitrogens with zero attached hydrogens (tertiary/aromatic N) is 6. The Kier molecular flexibility index (Phi) is 2.19. The van der Waals surface area contributed by atoms with Gasteiger partial charge >= 0.3 is 0 Å². The maximum Gasteiger partial charge on any atom is 0.195 e. The second-order valence-corrected chi connectivity index (χ2v) is 4.16. The lowest BCUT2D eigenvalue weighted by Crippen LogP contribution is -1.91. The molecule has 0 aliphatic rings. The van der Waals surface area contributed by atoms with Gasteiger partial charge in [-0.2, -0.15) is 5.10 Å². The van der Waals surface area contributed by atoms with Gasteiger partial charge in [0.05, 0.1) is 6.21 Å². The van der Waals surface area contributed by atoms with E-state index >= 15 is 0 Å². The van der Waals surface area contributed by atoms with Gasteiger partial charge in [0.2, 0.25) is 0 Å². The highest BCUT2D eigenvalue weighted by Crippen LogP contribution is 2.19. The quantitative estimate of drug-likeness (QED) is 0.650.